The largest absolute Gasteiger partial charge is 0.479 e. The molecule has 8 nitrogen and oxygen atoms in total. The van der Waals surface area contributed by atoms with Gasteiger partial charge in [-0.3, -0.25) is 4.48 Å². The third-order valence-electron chi connectivity index (χ3n) is 6.51. The average molecular weight is 376 g/mol. The topological polar surface area (TPSA) is 116 Å². The van der Waals surface area contributed by atoms with Gasteiger partial charge in [0.1, 0.15) is 29.8 Å². The molecule has 0 aromatic carbocycles. The minimum Gasteiger partial charge on any atom is -0.479 e. The van der Waals surface area contributed by atoms with Gasteiger partial charge < -0.3 is 29.9 Å². The number of hydrogen-bond acceptors (Lipinski definition) is 7. The van der Waals surface area contributed by atoms with E-state index < -0.39 is 36.6 Å². The van der Waals surface area contributed by atoms with Crippen molar-refractivity contribution in [2.24, 2.45) is 5.92 Å². The molecule has 1 spiro atoms. The molecule has 0 aliphatic carbocycles. The molecule has 0 amide bonds. The first-order valence-electron chi connectivity index (χ1n) is 8.86. The fourth-order valence-electron chi connectivity index (χ4n) is 5.25. The van der Waals surface area contributed by atoms with Crippen molar-refractivity contribution in [1.82, 2.24) is 0 Å². The maximum absolute atomic E-state index is 11.4. The lowest BCUT2D eigenvalue weighted by Crippen LogP contribution is -2.78. The third-order valence-corrected chi connectivity index (χ3v) is 7.73. The lowest BCUT2D eigenvalue weighted by atomic mass is 9.73. The maximum atomic E-state index is 11.4. The second-order valence-electron chi connectivity index (χ2n) is 7.92. The number of aliphatic hydroxyl groups is 3. The van der Waals surface area contributed by atoms with Gasteiger partial charge in [0.2, 0.25) is 6.23 Å². The van der Waals surface area contributed by atoms with E-state index in [1.165, 1.54) is 0 Å². The van der Waals surface area contributed by atoms with Crippen molar-refractivity contribution >= 4 is 17.7 Å². The number of piperidine rings is 3. The van der Waals surface area contributed by atoms with Crippen molar-refractivity contribution in [1.29, 1.82) is 0 Å². The lowest BCUT2D eigenvalue weighted by molar-refractivity contribution is -0.996. The van der Waals surface area contributed by atoms with Gasteiger partial charge in [-0.25, -0.2) is 4.79 Å². The number of aliphatic carboxylic acids is 1. The van der Waals surface area contributed by atoms with E-state index in [1.54, 1.807) is 11.8 Å². The molecule has 0 aromatic rings. The van der Waals surface area contributed by atoms with Crippen LogP contribution in [0.4, 0.5) is 0 Å². The van der Waals surface area contributed by atoms with Gasteiger partial charge in [0.15, 0.2) is 12.2 Å². The predicted molar refractivity (Wildman–Crippen MR) is 87.6 cm³/mol. The van der Waals surface area contributed by atoms with Gasteiger partial charge in [-0.1, -0.05) is 0 Å². The summed E-state index contributed by atoms with van der Waals surface area (Å²) in [6.07, 6.45) is -5.07. The Morgan fingerprint density at radius 2 is 1.84 bits per heavy atom. The number of ether oxygens (including phenoxy) is 2. The van der Waals surface area contributed by atoms with Gasteiger partial charge in [0.25, 0.3) is 0 Å². The molecule has 0 radical (unpaired) electrons. The van der Waals surface area contributed by atoms with Crippen LogP contribution >= 0.6 is 11.8 Å². The van der Waals surface area contributed by atoms with Crippen LogP contribution in [0.3, 0.4) is 0 Å². The molecule has 142 valence electrons. The van der Waals surface area contributed by atoms with Gasteiger partial charge in [-0.2, -0.15) is 0 Å². The monoisotopic (exact) mass is 376 g/mol. The standard InChI is InChI=1S/C16H25NO7S/c1-8-24-16(7-25-8)6-17(4-2-9(16)3-5-17)14-12(20)10(18)11(19)13(23-14)15(21)22/h8-14,18-20H,2-7H2,1H3/p+1/t8-,9?,10-,11-,12+,13-,14+,16-,17?/m0/s1. The Morgan fingerprint density at radius 1 is 1.16 bits per heavy atom. The molecule has 5 fully saturated rings. The Balaban J connectivity index is 1.64. The van der Waals surface area contributed by atoms with E-state index in [-0.39, 0.29) is 11.0 Å². The van der Waals surface area contributed by atoms with Crippen LogP contribution in [0.2, 0.25) is 0 Å². The van der Waals surface area contributed by atoms with E-state index in [0.717, 1.165) is 31.7 Å². The van der Waals surface area contributed by atoms with Crippen molar-refractivity contribution in [2.75, 3.05) is 25.4 Å². The summed E-state index contributed by atoms with van der Waals surface area (Å²) < 4.78 is 12.3. The molecular formula is C16H26NO7S+. The second kappa shape index (κ2) is 6.05. The fourth-order valence-corrected chi connectivity index (χ4v) is 6.42. The zero-order chi connectivity index (χ0) is 18.0. The number of nitrogens with zero attached hydrogens (tertiary/aromatic N) is 1. The average Bonchev–Trinajstić information content (AvgIpc) is 2.93. The molecule has 0 saturated carbocycles. The first-order chi connectivity index (χ1) is 11.8. The SMILES string of the molecule is C[C@H]1O[C@]2(CS1)C[N+]1([C@@H]3O[C@H](C(=O)O)[C@@H](O)[C@H](O)[C@H]3O)CCC2CC1. The van der Waals surface area contributed by atoms with Crippen molar-refractivity contribution in [2.45, 2.75) is 61.4 Å². The Bertz CT molecular complexity index is 555. The summed E-state index contributed by atoms with van der Waals surface area (Å²) in [4.78, 5) is 11.4. The quantitative estimate of drug-likeness (QED) is 0.452. The van der Waals surface area contributed by atoms with Crippen LogP contribution in [0.1, 0.15) is 19.8 Å². The molecular weight excluding hydrogens is 350 g/mol. The summed E-state index contributed by atoms with van der Waals surface area (Å²) in [5, 5.41) is 40.0. The Labute approximate surface area is 150 Å². The number of fused-ring (bicyclic) bond motifs is 2. The van der Waals surface area contributed by atoms with Crippen LogP contribution in [0, 0.1) is 5.92 Å². The van der Waals surface area contributed by atoms with E-state index in [2.05, 4.69) is 0 Å². The van der Waals surface area contributed by atoms with Gasteiger partial charge in [-0.05, 0) is 6.92 Å². The number of carbonyl (C=O) groups is 1. The minimum atomic E-state index is -1.64. The number of carboxylic acids is 1. The van der Waals surface area contributed by atoms with E-state index >= 15 is 0 Å². The summed E-state index contributed by atoms with van der Waals surface area (Å²) in [5.74, 6) is 0.0239. The number of aliphatic hydroxyl groups excluding tert-OH is 3. The van der Waals surface area contributed by atoms with E-state index in [9.17, 15) is 25.2 Å². The first-order valence-corrected chi connectivity index (χ1v) is 9.91. The van der Waals surface area contributed by atoms with Crippen LogP contribution in [0.25, 0.3) is 0 Å². The second-order valence-corrected chi connectivity index (χ2v) is 9.20. The molecule has 5 rings (SSSR count). The molecule has 0 unspecified atom stereocenters. The van der Waals surface area contributed by atoms with Crippen molar-refractivity contribution in [3.8, 4) is 0 Å². The summed E-state index contributed by atoms with van der Waals surface area (Å²) in [6.45, 7) is 4.19. The van der Waals surface area contributed by atoms with Crippen LogP contribution in [-0.4, -0.2) is 97.9 Å². The van der Waals surface area contributed by atoms with Crippen molar-refractivity contribution in [3.63, 3.8) is 0 Å². The van der Waals surface area contributed by atoms with E-state index in [0.29, 0.717) is 16.9 Å². The number of thioether (sulfide) groups is 1. The molecule has 9 heteroatoms. The van der Waals surface area contributed by atoms with Gasteiger partial charge in [0.05, 0.1) is 13.1 Å². The highest BCUT2D eigenvalue weighted by molar-refractivity contribution is 8.00. The number of hydrogen-bond donors (Lipinski definition) is 4. The Kier molecular flexibility index (Phi) is 4.35. The van der Waals surface area contributed by atoms with Crippen LogP contribution in [-0.2, 0) is 14.3 Å². The molecule has 25 heavy (non-hydrogen) atoms. The Hall–Kier alpha value is -0.420. The first kappa shape index (κ1) is 18.0. The molecule has 0 aromatic heterocycles. The van der Waals surface area contributed by atoms with Gasteiger partial charge in [0, 0.05) is 24.5 Å². The number of quaternary nitrogens is 1. The highest BCUT2D eigenvalue weighted by Gasteiger charge is 2.64. The highest BCUT2D eigenvalue weighted by atomic mass is 32.2. The number of carboxylic acid groups (broad SMARTS) is 1. The zero-order valence-corrected chi connectivity index (χ0v) is 15.0. The normalized spacial score (nSPS) is 55.6. The zero-order valence-electron chi connectivity index (χ0n) is 14.2. The van der Waals surface area contributed by atoms with Crippen LogP contribution in [0.15, 0.2) is 0 Å². The Morgan fingerprint density at radius 3 is 2.40 bits per heavy atom. The smallest absolute Gasteiger partial charge is 0.335 e. The maximum Gasteiger partial charge on any atom is 0.335 e. The summed E-state index contributed by atoms with van der Waals surface area (Å²) in [7, 11) is 0. The summed E-state index contributed by atoms with van der Waals surface area (Å²) in [5.41, 5.74) is -0.152. The predicted octanol–water partition coefficient (Wildman–Crippen LogP) is -1.03. The lowest BCUT2D eigenvalue weighted by Gasteiger charge is -2.60. The summed E-state index contributed by atoms with van der Waals surface area (Å²) >= 11 is 1.78. The van der Waals surface area contributed by atoms with Crippen molar-refractivity contribution in [3.05, 3.63) is 0 Å². The molecule has 7 atom stereocenters. The van der Waals surface area contributed by atoms with Gasteiger partial charge >= 0.3 is 5.97 Å². The van der Waals surface area contributed by atoms with Crippen LogP contribution < -0.4 is 0 Å². The minimum absolute atomic E-state index is 0.122. The van der Waals surface area contributed by atoms with E-state index in [1.807, 2.05) is 6.92 Å². The molecule has 5 aliphatic heterocycles. The highest BCUT2D eigenvalue weighted by Crippen LogP contribution is 2.51. The molecule has 4 N–H and O–H groups in total. The summed E-state index contributed by atoms with van der Waals surface area (Å²) in [6, 6.07) is 0. The fraction of sp³-hybridized carbons (Fsp3) is 0.938. The van der Waals surface area contributed by atoms with Crippen LogP contribution in [0.5, 0.6) is 0 Å². The molecule has 5 heterocycles. The third kappa shape index (κ3) is 2.63. The number of rotatable bonds is 2. The van der Waals surface area contributed by atoms with Crippen molar-refractivity contribution < 1.29 is 39.2 Å². The van der Waals surface area contributed by atoms with E-state index in [4.69, 9.17) is 9.47 Å². The molecule has 5 aliphatic rings. The molecule has 2 bridgehead atoms. The van der Waals surface area contributed by atoms with Gasteiger partial charge in [-0.15, -0.1) is 11.8 Å². The molecule has 5 saturated heterocycles.